The summed E-state index contributed by atoms with van der Waals surface area (Å²) in [5.74, 6) is -0.0727. The molecule has 1 aliphatic rings. The Morgan fingerprint density at radius 2 is 2.04 bits per heavy atom. The molecule has 3 aromatic rings. The fourth-order valence-corrected chi connectivity index (χ4v) is 3.53. The molecule has 1 aromatic heterocycles. The number of amides is 1. The first-order chi connectivity index (χ1) is 13.3. The third-order valence-corrected chi connectivity index (χ3v) is 4.95. The lowest BCUT2D eigenvalue weighted by molar-refractivity contribution is 0.0940. The van der Waals surface area contributed by atoms with Crippen molar-refractivity contribution in [1.82, 2.24) is 30.4 Å². The Kier molecular flexibility index (Phi) is 5.20. The molecule has 1 aliphatic heterocycles. The van der Waals surface area contributed by atoms with Gasteiger partial charge in [0.05, 0.1) is 5.69 Å². The molecule has 7 nitrogen and oxygen atoms in total. The first-order valence-corrected chi connectivity index (χ1v) is 9.19. The van der Waals surface area contributed by atoms with E-state index in [1.807, 2.05) is 18.2 Å². The fourth-order valence-electron chi connectivity index (χ4n) is 3.53. The lowest BCUT2D eigenvalue weighted by atomic mass is 10.1. The second-order valence-corrected chi connectivity index (χ2v) is 6.77. The maximum atomic E-state index is 12.6. The van der Waals surface area contributed by atoms with Crippen LogP contribution in [0.15, 0.2) is 60.9 Å². The topological polar surface area (TPSA) is 75.9 Å². The monoisotopic (exact) mass is 362 g/mol. The Morgan fingerprint density at radius 3 is 2.85 bits per heavy atom. The molecule has 1 atom stereocenters. The molecule has 0 saturated carbocycles. The number of benzene rings is 2. The fraction of sp³-hybridized carbons (Fsp3) is 0.300. The van der Waals surface area contributed by atoms with Crippen LogP contribution in [-0.2, 0) is 6.54 Å². The highest BCUT2D eigenvalue weighted by Crippen LogP contribution is 2.19. The summed E-state index contributed by atoms with van der Waals surface area (Å²) < 4.78 is 1.54. The van der Waals surface area contributed by atoms with Crippen LogP contribution in [0, 0.1) is 0 Å². The Hall–Kier alpha value is -3.06. The largest absolute Gasteiger partial charge is 0.350 e. The summed E-state index contributed by atoms with van der Waals surface area (Å²) in [7, 11) is 0. The van der Waals surface area contributed by atoms with E-state index in [1.54, 1.807) is 12.1 Å². The van der Waals surface area contributed by atoms with Crippen molar-refractivity contribution >= 4 is 5.91 Å². The summed E-state index contributed by atoms with van der Waals surface area (Å²) in [6, 6.07) is 18.2. The average molecular weight is 362 g/mol. The second-order valence-electron chi connectivity index (χ2n) is 6.77. The molecule has 0 spiro atoms. The summed E-state index contributed by atoms with van der Waals surface area (Å²) >= 11 is 0. The van der Waals surface area contributed by atoms with Crippen LogP contribution in [0.25, 0.3) is 5.69 Å². The molecule has 1 N–H and O–H groups in total. The van der Waals surface area contributed by atoms with E-state index in [2.05, 4.69) is 50.0 Å². The Bertz CT molecular complexity index is 881. The number of nitrogens with one attached hydrogen (secondary N) is 1. The molecule has 1 fully saturated rings. The van der Waals surface area contributed by atoms with Crippen LogP contribution < -0.4 is 5.32 Å². The van der Waals surface area contributed by atoms with Gasteiger partial charge in [0.25, 0.3) is 5.91 Å². The van der Waals surface area contributed by atoms with Crippen LogP contribution in [-0.4, -0.2) is 50.1 Å². The van der Waals surface area contributed by atoms with Crippen molar-refractivity contribution in [3.05, 3.63) is 72.1 Å². The van der Waals surface area contributed by atoms with Crippen LogP contribution in [0.2, 0.25) is 0 Å². The van der Waals surface area contributed by atoms with Gasteiger partial charge in [-0.05, 0) is 53.6 Å². The minimum absolute atomic E-state index is 0.0727. The molecule has 0 radical (unpaired) electrons. The molecule has 1 unspecified atom stereocenters. The van der Waals surface area contributed by atoms with Gasteiger partial charge in [-0.3, -0.25) is 9.69 Å². The summed E-state index contributed by atoms with van der Waals surface area (Å²) in [4.78, 5) is 15.0. The third-order valence-electron chi connectivity index (χ3n) is 4.95. The maximum Gasteiger partial charge on any atom is 0.251 e. The second kappa shape index (κ2) is 8.09. The number of aromatic nitrogens is 4. The number of carbonyl (C=O) groups is 1. The van der Waals surface area contributed by atoms with Gasteiger partial charge >= 0.3 is 0 Å². The summed E-state index contributed by atoms with van der Waals surface area (Å²) in [6.07, 6.45) is 3.79. The summed E-state index contributed by atoms with van der Waals surface area (Å²) in [5, 5.41) is 14.2. The predicted octanol–water partition coefficient (Wildman–Crippen LogP) is 2.06. The highest BCUT2D eigenvalue weighted by atomic mass is 16.1. The van der Waals surface area contributed by atoms with E-state index in [0.29, 0.717) is 18.2 Å². The van der Waals surface area contributed by atoms with Gasteiger partial charge in [0, 0.05) is 24.7 Å². The summed E-state index contributed by atoms with van der Waals surface area (Å²) in [6.45, 7) is 2.65. The number of likely N-dealkylation sites (tertiary alicyclic amines) is 1. The van der Waals surface area contributed by atoms with E-state index < -0.39 is 0 Å². The van der Waals surface area contributed by atoms with Crippen LogP contribution >= 0.6 is 0 Å². The molecule has 138 valence electrons. The molecule has 7 heteroatoms. The lowest BCUT2D eigenvalue weighted by Crippen LogP contribution is -2.39. The van der Waals surface area contributed by atoms with E-state index in [9.17, 15) is 4.79 Å². The highest BCUT2D eigenvalue weighted by Gasteiger charge is 2.25. The molecule has 0 bridgehead atoms. The average Bonchev–Trinajstić information content (AvgIpc) is 3.39. The number of hydrogen-bond donors (Lipinski definition) is 1. The Balaban J connectivity index is 1.37. The predicted molar refractivity (Wildman–Crippen MR) is 101 cm³/mol. The smallest absolute Gasteiger partial charge is 0.251 e. The maximum absolute atomic E-state index is 12.6. The zero-order valence-electron chi connectivity index (χ0n) is 15.0. The zero-order chi connectivity index (χ0) is 18.5. The van der Waals surface area contributed by atoms with E-state index in [4.69, 9.17) is 0 Å². The van der Waals surface area contributed by atoms with Gasteiger partial charge in [0.2, 0.25) is 0 Å². The first kappa shape index (κ1) is 17.4. The molecule has 27 heavy (non-hydrogen) atoms. The van der Waals surface area contributed by atoms with Crippen molar-refractivity contribution in [2.45, 2.75) is 25.4 Å². The normalized spacial score (nSPS) is 17.1. The van der Waals surface area contributed by atoms with Crippen LogP contribution in [0.1, 0.15) is 28.8 Å². The molecular weight excluding hydrogens is 340 g/mol. The molecule has 1 saturated heterocycles. The zero-order valence-corrected chi connectivity index (χ0v) is 15.0. The van der Waals surface area contributed by atoms with Crippen LogP contribution in [0.4, 0.5) is 0 Å². The van der Waals surface area contributed by atoms with E-state index in [0.717, 1.165) is 25.2 Å². The van der Waals surface area contributed by atoms with Gasteiger partial charge in [-0.15, -0.1) is 5.10 Å². The molecule has 1 amide bonds. The van der Waals surface area contributed by atoms with Gasteiger partial charge in [0.1, 0.15) is 6.33 Å². The minimum Gasteiger partial charge on any atom is -0.350 e. The van der Waals surface area contributed by atoms with Crippen molar-refractivity contribution in [3.63, 3.8) is 0 Å². The van der Waals surface area contributed by atoms with Gasteiger partial charge in [-0.25, -0.2) is 4.68 Å². The van der Waals surface area contributed by atoms with Gasteiger partial charge in [-0.1, -0.05) is 36.4 Å². The van der Waals surface area contributed by atoms with Crippen molar-refractivity contribution in [3.8, 4) is 5.69 Å². The number of hydrogen-bond acceptors (Lipinski definition) is 5. The van der Waals surface area contributed by atoms with Crippen molar-refractivity contribution in [1.29, 1.82) is 0 Å². The van der Waals surface area contributed by atoms with Crippen molar-refractivity contribution in [2.24, 2.45) is 0 Å². The molecule has 0 aliphatic carbocycles. The van der Waals surface area contributed by atoms with Crippen LogP contribution in [0.3, 0.4) is 0 Å². The van der Waals surface area contributed by atoms with Crippen molar-refractivity contribution < 1.29 is 4.79 Å². The third kappa shape index (κ3) is 4.20. The standard InChI is InChI=1S/C20H22N6O/c27-20(17-8-4-9-18(12-17)26-15-22-23-24-26)21-13-19-10-5-11-25(19)14-16-6-2-1-3-7-16/h1-4,6-9,12,15,19H,5,10-11,13-14H2,(H,21,27). The first-order valence-electron chi connectivity index (χ1n) is 9.19. The summed E-state index contributed by atoms with van der Waals surface area (Å²) in [5.41, 5.74) is 2.68. The quantitative estimate of drug-likeness (QED) is 0.726. The molecule has 4 rings (SSSR count). The van der Waals surface area contributed by atoms with Gasteiger partial charge in [-0.2, -0.15) is 0 Å². The number of tetrazole rings is 1. The van der Waals surface area contributed by atoms with Crippen molar-refractivity contribution in [2.75, 3.05) is 13.1 Å². The van der Waals surface area contributed by atoms with Gasteiger partial charge < -0.3 is 5.32 Å². The van der Waals surface area contributed by atoms with Crippen LogP contribution in [0.5, 0.6) is 0 Å². The Morgan fingerprint density at radius 1 is 1.15 bits per heavy atom. The molecular formula is C20H22N6O. The SMILES string of the molecule is O=C(NCC1CCCN1Cc1ccccc1)c1cccc(-n2cnnn2)c1. The lowest BCUT2D eigenvalue weighted by Gasteiger charge is -2.24. The molecule has 2 aromatic carbocycles. The van der Waals surface area contributed by atoms with E-state index in [1.165, 1.54) is 23.0 Å². The Labute approximate surface area is 158 Å². The molecule has 2 heterocycles. The number of rotatable bonds is 6. The van der Waals surface area contributed by atoms with E-state index >= 15 is 0 Å². The number of nitrogens with zero attached hydrogens (tertiary/aromatic N) is 5. The highest BCUT2D eigenvalue weighted by molar-refractivity contribution is 5.94. The minimum atomic E-state index is -0.0727. The van der Waals surface area contributed by atoms with Gasteiger partial charge in [0.15, 0.2) is 0 Å². The van der Waals surface area contributed by atoms with E-state index in [-0.39, 0.29) is 5.91 Å². The number of carbonyl (C=O) groups excluding carboxylic acids is 1.